The number of hydrogen-bond acceptors (Lipinski definition) is 0. The number of aryl methyl sites for hydroxylation is 3. The molecule has 0 saturated heterocycles. The van der Waals surface area contributed by atoms with Crippen LogP contribution in [0.2, 0.25) is 0 Å². The molecule has 0 radical (unpaired) electrons. The molecule has 0 amide bonds. The van der Waals surface area contributed by atoms with Gasteiger partial charge in [0.1, 0.15) is 0 Å². The highest BCUT2D eigenvalue weighted by Gasteiger charge is 2.18. The summed E-state index contributed by atoms with van der Waals surface area (Å²) in [4.78, 5) is 0. The van der Waals surface area contributed by atoms with Crippen LogP contribution in [-0.4, -0.2) is 0 Å². The van der Waals surface area contributed by atoms with Crippen molar-refractivity contribution >= 4 is 0 Å². The van der Waals surface area contributed by atoms with Gasteiger partial charge < -0.3 is 0 Å². The number of benzene rings is 4. The first-order valence-corrected chi connectivity index (χ1v) is 10.5. The maximum atomic E-state index is 2.37. The van der Waals surface area contributed by atoms with E-state index in [0.717, 1.165) is 12.8 Å². The van der Waals surface area contributed by atoms with Gasteiger partial charge in [-0.05, 0) is 78.1 Å². The molecule has 0 unspecified atom stereocenters. The van der Waals surface area contributed by atoms with E-state index in [-0.39, 0.29) is 0 Å². The summed E-state index contributed by atoms with van der Waals surface area (Å²) in [6, 6.07) is 29.7. The zero-order valence-corrected chi connectivity index (χ0v) is 17.4. The van der Waals surface area contributed by atoms with Crippen LogP contribution < -0.4 is 0 Å². The average Bonchev–Trinajstić information content (AvgIpc) is 2.70. The van der Waals surface area contributed by atoms with E-state index < -0.39 is 0 Å². The Labute approximate surface area is 173 Å². The van der Waals surface area contributed by atoms with Gasteiger partial charge in [-0.1, -0.05) is 95.6 Å². The number of fused-ring (bicyclic) bond motifs is 6. The molecule has 0 heteroatoms. The predicted octanol–water partition coefficient (Wildman–Crippen LogP) is 7.44. The molecule has 0 heterocycles. The Balaban J connectivity index is 1.85. The van der Waals surface area contributed by atoms with Gasteiger partial charge in [0.2, 0.25) is 0 Å². The fourth-order valence-electron chi connectivity index (χ4n) is 4.71. The lowest BCUT2D eigenvalue weighted by atomic mass is 9.83. The highest BCUT2D eigenvalue weighted by molar-refractivity contribution is 5.78. The van der Waals surface area contributed by atoms with Gasteiger partial charge in [0.05, 0.1) is 0 Å². The lowest BCUT2D eigenvalue weighted by Crippen LogP contribution is -2.03. The van der Waals surface area contributed by atoms with E-state index in [2.05, 4.69) is 99.6 Å². The van der Waals surface area contributed by atoms with Crippen LogP contribution in [0.5, 0.6) is 0 Å². The monoisotopic (exact) mass is 374 g/mol. The minimum absolute atomic E-state index is 0.952. The fraction of sp³-hybridized carbons (Fsp3) is 0.172. The van der Waals surface area contributed by atoms with Crippen LogP contribution in [0.4, 0.5) is 0 Å². The molecule has 4 aromatic rings. The first-order chi connectivity index (χ1) is 14.1. The molecule has 1 aliphatic carbocycles. The normalized spacial score (nSPS) is 12.4. The molecule has 4 aromatic carbocycles. The van der Waals surface area contributed by atoms with Crippen LogP contribution in [0.3, 0.4) is 0 Å². The quantitative estimate of drug-likeness (QED) is 0.264. The van der Waals surface area contributed by atoms with E-state index in [0.29, 0.717) is 0 Å². The first-order valence-electron chi connectivity index (χ1n) is 10.5. The zero-order chi connectivity index (χ0) is 20.0. The van der Waals surface area contributed by atoms with Crippen molar-refractivity contribution in [2.75, 3.05) is 0 Å². The second-order valence-corrected chi connectivity index (χ2v) is 8.49. The number of rotatable bonds is 0. The largest absolute Gasteiger partial charge is 0.0619 e. The standard InChI is InChI=1S/C29H26/c1-19-9-12-27-24(14-19)18-23-11-8-21(3)16-29(23)28-13-10-20(2)15-25(28)17-22-6-4-5-7-26(22)27/h4-16H,17-18H2,1-3H3. The third-order valence-electron chi connectivity index (χ3n) is 6.15. The summed E-state index contributed by atoms with van der Waals surface area (Å²) < 4.78 is 0. The Kier molecular flexibility index (Phi) is 4.36. The van der Waals surface area contributed by atoms with E-state index in [1.54, 1.807) is 0 Å². The highest BCUT2D eigenvalue weighted by Crippen LogP contribution is 2.37. The molecular weight excluding hydrogens is 348 g/mol. The van der Waals surface area contributed by atoms with Crippen molar-refractivity contribution in [3.63, 3.8) is 0 Å². The van der Waals surface area contributed by atoms with Crippen molar-refractivity contribution < 1.29 is 0 Å². The minimum Gasteiger partial charge on any atom is -0.0619 e. The van der Waals surface area contributed by atoms with Crippen molar-refractivity contribution in [2.45, 2.75) is 33.6 Å². The maximum absolute atomic E-state index is 2.37. The van der Waals surface area contributed by atoms with Gasteiger partial charge >= 0.3 is 0 Å². The predicted molar refractivity (Wildman–Crippen MR) is 124 cm³/mol. The van der Waals surface area contributed by atoms with E-state index in [1.165, 1.54) is 61.2 Å². The Morgan fingerprint density at radius 3 is 1.59 bits per heavy atom. The van der Waals surface area contributed by atoms with Crippen LogP contribution in [0, 0.1) is 20.8 Å². The van der Waals surface area contributed by atoms with Gasteiger partial charge in [-0.3, -0.25) is 0 Å². The zero-order valence-electron chi connectivity index (χ0n) is 17.4. The maximum Gasteiger partial charge on any atom is -0.00134 e. The fourth-order valence-corrected chi connectivity index (χ4v) is 4.71. The van der Waals surface area contributed by atoms with Gasteiger partial charge in [-0.2, -0.15) is 0 Å². The lowest BCUT2D eigenvalue weighted by molar-refractivity contribution is 1.14. The van der Waals surface area contributed by atoms with E-state index in [4.69, 9.17) is 0 Å². The Bertz CT molecular complexity index is 1230. The molecule has 0 N–H and O–H groups in total. The molecule has 0 bridgehead atoms. The van der Waals surface area contributed by atoms with Gasteiger partial charge in [0.25, 0.3) is 0 Å². The molecule has 0 spiro atoms. The summed E-state index contributed by atoms with van der Waals surface area (Å²) in [6.45, 7) is 6.58. The van der Waals surface area contributed by atoms with Crippen molar-refractivity contribution in [1.29, 1.82) is 0 Å². The Morgan fingerprint density at radius 2 is 0.897 bits per heavy atom. The summed E-state index contributed by atoms with van der Waals surface area (Å²) >= 11 is 0. The molecule has 5 rings (SSSR count). The average molecular weight is 375 g/mol. The highest BCUT2D eigenvalue weighted by atomic mass is 14.2. The second-order valence-electron chi connectivity index (χ2n) is 8.49. The molecule has 142 valence electrons. The van der Waals surface area contributed by atoms with Gasteiger partial charge in [-0.25, -0.2) is 0 Å². The summed E-state index contributed by atoms with van der Waals surface area (Å²) in [7, 11) is 0. The van der Waals surface area contributed by atoms with Crippen molar-refractivity contribution in [2.24, 2.45) is 0 Å². The molecular formula is C29H26. The van der Waals surface area contributed by atoms with Crippen LogP contribution >= 0.6 is 0 Å². The third kappa shape index (κ3) is 3.29. The third-order valence-corrected chi connectivity index (χ3v) is 6.15. The number of hydrogen-bond donors (Lipinski definition) is 0. The molecule has 0 atom stereocenters. The summed E-state index contributed by atoms with van der Waals surface area (Å²) in [5, 5.41) is 0. The topological polar surface area (TPSA) is 0 Å². The molecule has 0 nitrogen and oxygen atoms in total. The van der Waals surface area contributed by atoms with Crippen molar-refractivity contribution in [1.82, 2.24) is 0 Å². The molecule has 0 saturated carbocycles. The second kappa shape index (κ2) is 7.04. The van der Waals surface area contributed by atoms with E-state index in [1.807, 2.05) is 0 Å². The van der Waals surface area contributed by atoms with Gasteiger partial charge in [-0.15, -0.1) is 0 Å². The molecule has 0 fully saturated rings. The minimum atomic E-state index is 0.952. The van der Waals surface area contributed by atoms with Crippen LogP contribution in [0.1, 0.15) is 38.9 Å². The van der Waals surface area contributed by atoms with E-state index in [9.17, 15) is 0 Å². The molecule has 29 heavy (non-hydrogen) atoms. The smallest absolute Gasteiger partial charge is 0.00134 e. The first kappa shape index (κ1) is 17.9. The Hall–Kier alpha value is -3.12. The Morgan fingerprint density at radius 1 is 0.414 bits per heavy atom. The van der Waals surface area contributed by atoms with Crippen LogP contribution in [0.15, 0.2) is 78.9 Å². The molecule has 0 aromatic heterocycles. The van der Waals surface area contributed by atoms with Crippen molar-refractivity contribution in [3.8, 4) is 22.3 Å². The summed E-state index contributed by atoms with van der Waals surface area (Å²) in [6.07, 6.45) is 1.90. The summed E-state index contributed by atoms with van der Waals surface area (Å²) in [5.41, 5.74) is 15.1. The van der Waals surface area contributed by atoms with Crippen LogP contribution in [0.25, 0.3) is 22.3 Å². The summed E-state index contributed by atoms with van der Waals surface area (Å²) in [5.74, 6) is 0. The SMILES string of the molecule is Cc1ccc2c(c1)Cc1ccc(C)cc1-c1ccc(C)cc1Cc1ccccc1-2. The lowest BCUT2D eigenvalue weighted by Gasteiger charge is -2.21. The van der Waals surface area contributed by atoms with Gasteiger partial charge in [0, 0.05) is 0 Å². The van der Waals surface area contributed by atoms with Crippen LogP contribution in [-0.2, 0) is 12.8 Å². The molecule has 1 aliphatic rings. The van der Waals surface area contributed by atoms with Crippen molar-refractivity contribution in [3.05, 3.63) is 118 Å². The van der Waals surface area contributed by atoms with E-state index >= 15 is 0 Å². The molecule has 0 aliphatic heterocycles. The van der Waals surface area contributed by atoms with Gasteiger partial charge in [0.15, 0.2) is 0 Å².